The van der Waals surface area contributed by atoms with Crippen molar-refractivity contribution in [2.75, 3.05) is 18.5 Å². The first-order chi connectivity index (χ1) is 9.15. The Morgan fingerprint density at radius 3 is 2.63 bits per heavy atom. The average Bonchev–Trinajstić information content (AvgIpc) is 2.40. The Morgan fingerprint density at radius 2 is 1.89 bits per heavy atom. The Bertz CT molecular complexity index is 548. The molecule has 0 saturated heterocycles. The average molecular weight is 345 g/mol. The molecule has 2 aromatic carbocycles. The van der Waals surface area contributed by atoms with Crippen LogP contribution in [0.5, 0.6) is 5.75 Å². The van der Waals surface area contributed by atoms with Crippen LogP contribution in [0, 0.1) is 5.82 Å². The van der Waals surface area contributed by atoms with Gasteiger partial charge in [0.05, 0.1) is 0 Å². The van der Waals surface area contributed by atoms with E-state index in [2.05, 4.69) is 21.2 Å². The molecule has 2 aromatic rings. The molecule has 0 radical (unpaired) electrons. The van der Waals surface area contributed by atoms with Crippen molar-refractivity contribution in [1.29, 1.82) is 0 Å². The first-order valence-electron chi connectivity index (χ1n) is 5.72. The molecule has 2 rings (SSSR count). The van der Waals surface area contributed by atoms with E-state index in [1.807, 2.05) is 12.1 Å². The zero-order chi connectivity index (χ0) is 13.7. The highest BCUT2D eigenvalue weighted by Gasteiger charge is 2.03. The van der Waals surface area contributed by atoms with Gasteiger partial charge >= 0.3 is 0 Å². The number of anilines is 1. The van der Waals surface area contributed by atoms with Crippen LogP contribution < -0.4 is 10.1 Å². The van der Waals surface area contributed by atoms with Crippen molar-refractivity contribution in [3.05, 3.63) is 57.8 Å². The number of hydrogen-bond acceptors (Lipinski definition) is 2. The molecular weight excluding hydrogens is 333 g/mol. The van der Waals surface area contributed by atoms with Crippen LogP contribution in [0.25, 0.3) is 0 Å². The lowest BCUT2D eigenvalue weighted by Crippen LogP contribution is -2.11. The molecule has 0 aliphatic heterocycles. The van der Waals surface area contributed by atoms with Gasteiger partial charge in [0.2, 0.25) is 0 Å². The van der Waals surface area contributed by atoms with E-state index in [4.69, 9.17) is 16.3 Å². The molecule has 0 heterocycles. The Kier molecular flexibility index (Phi) is 5.05. The van der Waals surface area contributed by atoms with Gasteiger partial charge in [-0.3, -0.25) is 0 Å². The maximum atomic E-state index is 13.4. The molecule has 0 atom stereocenters. The third-order valence-corrected chi connectivity index (χ3v) is 3.17. The number of nitrogens with one attached hydrogen (secondary N) is 1. The van der Waals surface area contributed by atoms with Crippen molar-refractivity contribution in [3.8, 4) is 5.75 Å². The van der Waals surface area contributed by atoms with Crippen molar-refractivity contribution in [1.82, 2.24) is 0 Å². The van der Waals surface area contributed by atoms with Crippen molar-refractivity contribution in [2.24, 2.45) is 0 Å². The van der Waals surface area contributed by atoms with Crippen molar-refractivity contribution >= 4 is 33.2 Å². The van der Waals surface area contributed by atoms with E-state index in [9.17, 15) is 4.39 Å². The Labute approximate surface area is 124 Å². The number of halogens is 3. The summed E-state index contributed by atoms with van der Waals surface area (Å²) in [6.07, 6.45) is 0. The Hall–Kier alpha value is -1.26. The highest BCUT2D eigenvalue weighted by atomic mass is 79.9. The molecular formula is C14H12BrClFNO. The van der Waals surface area contributed by atoms with Crippen LogP contribution in [-0.2, 0) is 0 Å². The lowest BCUT2D eigenvalue weighted by Gasteiger charge is -2.09. The molecule has 0 saturated carbocycles. The highest BCUT2D eigenvalue weighted by molar-refractivity contribution is 9.10. The summed E-state index contributed by atoms with van der Waals surface area (Å²) in [5, 5.41) is 3.85. The summed E-state index contributed by atoms with van der Waals surface area (Å²) in [6.45, 7) is 0.948. The van der Waals surface area contributed by atoms with Gasteiger partial charge in [-0.15, -0.1) is 0 Å². The normalized spacial score (nSPS) is 10.3. The fraction of sp³-hybridized carbons (Fsp3) is 0.143. The van der Waals surface area contributed by atoms with Crippen LogP contribution in [-0.4, -0.2) is 13.2 Å². The zero-order valence-electron chi connectivity index (χ0n) is 10.00. The molecule has 100 valence electrons. The first-order valence-corrected chi connectivity index (χ1v) is 6.89. The van der Waals surface area contributed by atoms with Gasteiger partial charge in [0.1, 0.15) is 6.61 Å². The molecule has 0 aliphatic carbocycles. The van der Waals surface area contributed by atoms with E-state index < -0.39 is 0 Å². The standard InChI is InChI=1S/C14H12BrClFNO/c15-10-1-6-13(17)14(9-10)19-8-7-18-12-4-2-11(16)3-5-12/h1-6,9,18H,7-8H2. The van der Waals surface area contributed by atoms with Gasteiger partial charge in [0.25, 0.3) is 0 Å². The van der Waals surface area contributed by atoms with E-state index >= 15 is 0 Å². The molecule has 0 amide bonds. The zero-order valence-corrected chi connectivity index (χ0v) is 12.3. The lowest BCUT2D eigenvalue weighted by atomic mass is 10.3. The molecule has 19 heavy (non-hydrogen) atoms. The van der Waals surface area contributed by atoms with Crippen LogP contribution in [0.2, 0.25) is 5.02 Å². The summed E-state index contributed by atoms with van der Waals surface area (Å²) in [7, 11) is 0. The van der Waals surface area contributed by atoms with Crippen LogP contribution in [0.1, 0.15) is 0 Å². The number of rotatable bonds is 5. The molecule has 0 fully saturated rings. The molecule has 0 unspecified atom stereocenters. The van der Waals surface area contributed by atoms with Gasteiger partial charge in [0.15, 0.2) is 11.6 Å². The van der Waals surface area contributed by atoms with Gasteiger partial charge in [-0.25, -0.2) is 4.39 Å². The second-order valence-electron chi connectivity index (χ2n) is 3.86. The SMILES string of the molecule is Fc1ccc(Br)cc1OCCNc1ccc(Cl)cc1. The molecule has 0 spiro atoms. The van der Waals surface area contributed by atoms with Crippen molar-refractivity contribution < 1.29 is 9.13 Å². The van der Waals surface area contributed by atoms with Crippen LogP contribution >= 0.6 is 27.5 Å². The summed E-state index contributed by atoms with van der Waals surface area (Å²) in [5.41, 5.74) is 0.947. The minimum Gasteiger partial charge on any atom is -0.489 e. The summed E-state index contributed by atoms with van der Waals surface area (Å²) in [6, 6.07) is 12.0. The number of ether oxygens (including phenoxy) is 1. The van der Waals surface area contributed by atoms with Crippen LogP contribution in [0.4, 0.5) is 10.1 Å². The fourth-order valence-electron chi connectivity index (χ4n) is 1.51. The lowest BCUT2D eigenvalue weighted by molar-refractivity contribution is 0.315. The second kappa shape index (κ2) is 6.78. The molecule has 0 bridgehead atoms. The smallest absolute Gasteiger partial charge is 0.165 e. The monoisotopic (exact) mass is 343 g/mol. The Morgan fingerprint density at radius 1 is 1.16 bits per heavy atom. The maximum absolute atomic E-state index is 13.4. The molecule has 5 heteroatoms. The molecule has 2 nitrogen and oxygen atoms in total. The molecule has 0 aromatic heterocycles. The largest absolute Gasteiger partial charge is 0.489 e. The first kappa shape index (κ1) is 14.2. The predicted molar refractivity (Wildman–Crippen MR) is 79.5 cm³/mol. The summed E-state index contributed by atoms with van der Waals surface area (Å²) < 4.78 is 19.5. The van der Waals surface area contributed by atoms with Crippen molar-refractivity contribution in [2.45, 2.75) is 0 Å². The van der Waals surface area contributed by atoms with Gasteiger partial charge in [-0.1, -0.05) is 27.5 Å². The van der Waals surface area contributed by atoms with Gasteiger partial charge in [0, 0.05) is 21.7 Å². The Balaban J connectivity index is 1.80. The molecule has 1 N–H and O–H groups in total. The van der Waals surface area contributed by atoms with Crippen molar-refractivity contribution in [3.63, 3.8) is 0 Å². The van der Waals surface area contributed by atoms with E-state index in [1.54, 1.807) is 24.3 Å². The minimum atomic E-state index is -0.366. The third-order valence-electron chi connectivity index (χ3n) is 2.43. The summed E-state index contributed by atoms with van der Waals surface area (Å²) in [5.74, 6) is -0.123. The van der Waals surface area contributed by atoms with E-state index in [1.165, 1.54) is 6.07 Å². The van der Waals surface area contributed by atoms with Crippen LogP contribution in [0.15, 0.2) is 46.9 Å². The summed E-state index contributed by atoms with van der Waals surface area (Å²) >= 11 is 9.06. The van der Waals surface area contributed by atoms with E-state index in [0.29, 0.717) is 18.2 Å². The quantitative estimate of drug-likeness (QED) is 0.792. The highest BCUT2D eigenvalue weighted by Crippen LogP contribution is 2.22. The van der Waals surface area contributed by atoms with Crippen LogP contribution in [0.3, 0.4) is 0 Å². The van der Waals surface area contributed by atoms with E-state index in [0.717, 1.165) is 10.2 Å². The number of hydrogen-bond donors (Lipinski definition) is 1. The predicted octanol–water partition coefficient (Wildman–Crippen LogP) is 4.73. The molecule has 0 aliphatic rings. The fourth-order valence-corrected chi connectivity index (χ4v) is 1.98. The van der Waals surface area contributed by atoms with Gasteiger partial charge < -0.3 is 10.1 Å². The van der Waals surface area contributed by atoms with Gasteiger partial charge in [-0.05, 0) is 42.5 Å². The topological polar surface area (TPSA) is 21.3 Å². The minimum absolute atomic E-state index is 0.243. The number of benzene rings is 2. The second-order valence-corrected chi connectivity index (χ2v) is 5.21. The maximum Gasteiger partial charge on any atom is 0.165 e. The van der Waals surface area contributed by atoms with Gasteiger partial charge in [-0.2, -0.15) is 0 Å². The third kappa shape index (κ3) is 4.40. The summed E-state index contributed by atoms with van der Waals surface area (Å²) in [4.78, 5) is 0. The van der Waals surface area contributed by atoms with E-state index in [-0.39, 0.29) is 11.6 Å².